The predicted octanol–water partition coefficient (Wildman–Crippen LogP) is 5.10. The van der Waals surface area contributed by atoms with Gasteiger partial charge in [0.15, 0.2) is 0 Å². The van der Waals surface area contributed by atoms with E-state index in [1.54, 1.807) is 61.6 Å². The molecule has 0 aliphatic rings. The Bertz CT molecular complexity index is 1230. The van der Waals surface area contributed by atoms with Gasteiger partial charge in [0.2, 0.25) is 0 Å². The minimum absolute atomic E-state index is 0.0101. The average Bonchev–Trinajstić information content (AvgIpc) is 2.81. The molecule has 3 aromatic carbocycles. The number of ether oxygens (including phenoxy) is 1. The second-order valence-electron chi connectivity index (χ2n) is 7.07. The first kappa shape index (κ1) is 23.9. The minimum atomic E-state index is -3.88. The van der Waals surface area contributed by atoms with Crippen molar-refractivity contribution in [2.45, 2.75) is 11.4 Å². The lowest BCUT2D eigenvalue weighted by Gasteiger charge is -2.21. The van der Waals surface area contributed by atoms with Crippen molar-refractivity contribution in [2.75, 3.05) is 25.5 Å². The summed E-state index contributed by atoms with van der Waals surface area (Å²) in [7, 11) is 0.728. The number of carbonyl (C=O) groups excluding carboxylic acids is 1. The molecule has 0 bridgehead atoms. The molecule has 32 heavy (non-hydrogen) atoms. The molecule has 0 heterocycles. The van der Waals surface area contributed by atoms with E-state index in [0.29, 0.717) is 27.0 Å². The van der Waals surface area contributed by atoms with E-state index < -0.39 is 10.0 Å². The number of carbonyl (C=O) groups is 1. The Morgan fingerprint density at radius 2 is 1.62 bits per heavy atom. The molecule has 9 heteroatoms. The number of hydrogen-bond donors (Lipinski definition) is 0. The second-order valence-corrected chi connectivity index (χ2v) is 9.83. The highest BCUT2D eigenvalue weighted by Crippen LogP contribution is 2.27. The molecule has 0 radical (unpaired) electrons. The number of rotatable bonds is 7. The first-order chi connectivity index (χ1) is 15.1. The molecule has 0 N–H and O–H groups in total. The monoisotopic (exact) mass is 492 g/mol. The van der Waals surface area contributed by atoms with E-state index in [1.807, 2.05) is 0 Å². The number of amides is 1. The van der Waals surface area contributed by atoms with Crippen molar-refractivity contribution in [3.05, 3.63) is 87.9 Å². The Labute approximate surface area is 198 Å². The first-order valence-corrected chi connectivity index (χ1v) is 11.8. The zero-order chi connectivity index (χ0) is 23.5. The van der Waals surface area contributed by atoms with Gasteiger partial charge < -0.3 is 9.64 Å². The standard InChI is InChI=1S/C23H22Cl2N2O4S/c1-26(15-17-7-5-9-21(24)22(17)25)23(28)16-6-4-8-20(14-16)32(29,30)27(2)18-10-12-19(31-3)13-11-18/h4-14H,15H2,1-3H3. The molecule has 1 amide bonds. The van der Waals surface area contributed by atoms with E-state index in [2.05, 4.69) is 0 Å². The molecular weight excluding hydrogens is 471 g/mol. The van der Waals surface area contributed by atoms with Crippen LogP contribution in [0.15, 0.2) is 71.6 Å². The number of halogens is 2. The summed E-state index contributed by atoms with van der Waals surface area (Å²) in [5, 5.41) is 0.783. The van der Waals surface area contributed by atoms with Gasteiger partial charge in [0.25, 0.3) is 15.9 Å². The third-order valence-corrected chi connectivity index (χ3v) is 7.60. The summed E-state index contributed by atoms with van der Waals surface area (Å²) in [5.41, 5.74) is 1.41. The molecule has 0 atom stereocenters. The van der Waals surface area contributed by atoms with Crippen LogP contribution < -0.4 is 9.04 Å². The van der Waals surface area contributed by atoms with Gasteiger partial charge in [-0.2, -0.15) is 0 Å². The lowest BCUT2D eigenvalue weighted by Crippen LogP contribution is -2.28. The summed E-state index contributed by atoms with van der Waals surface area (Å²) in [6.07, 6.45) is 0. The molecular formula is C23H22Cl2N2O4S. The minimum Gasteiger partial charge on any atom is -0.497 e. The van der Waals surface area contributed by atoms with Gasteiger partial charge in [0.05, 0.1) is 27.7 Å². The lowest BCUT2D eigenvalue weighted by atomic mass is 10.1. The fourth-order valence-electron chi connectivity index (χ4n) is 3.10. The zero-order valence-corrected chi connectivity index (χ0v) is 20.1. The van der Waals surface area contributed by atoms with Gasteiger partial charge in [-0.15, -0.1) is 0 Å². The molecule has 0 saturated carbocycles. The number of benzene rings is 3. The molecule has 6 nitrogen and oxygen atoms in total. The Hall–Kier alpha value is -2.74. The van der Waals surface area contributed by atoms with Gasteiger partial charge in [-0.25, -0.2) is 8.42 Å². The smallest absolute Gasteiger partial charge is 0.264 e. The Balaban J connectivity index is 1.84. The topological polar surface area (TPSA) is 66.9 Å². The van der Waals surface area contributed by atoms with Crippen molar-refractivity contribution >= 4 is 44.8 Å². The maximum atomic E-state index is 13.1. The highest BCUT2D eigenvalue weighted by Gasteiger charge is 2.23. The van der Waals surface area contributed by atoms with Gasteiger partial charge in [-0.05, 0) is 54.1 Å². The summed E-state index contributed by atoms with van der Waals surface area (Å²) < 4.78 is 32.6. The maximum absolute atomic E-state index is 13.1. The van der Waals surface area contributed by atoms with E-state index in [1.165, 1.54) is 31.2 Å². The Kier molecular flexibility index (Phi) is 7.33. The number of nitrogens with zero attached hydrogens (tertiary/aromatic N) is 2. The summed E-state index contributed by atoms with van der Waals surface area (Å²) >= 11 is 12.3. The van der Waals surface area contributed by atoms with Crippen LogP contribution in [0.3, 0.4) is 0 Å². The second kappa shape index (κ2) is 9.81. The SMILES string of the molecule is COc1ccc(N(C)S(=O)(=O)c2cccc(C(=O)N(C)Cc3cccc(Cl)c3Cl)c2)cc1. The normalized spacial score (nSPS) is 11.2. The van der Waals surface area contributed by atoms with Crippen molar-refractivity contribution in [3.8, 4) is 5.75 Å². The third-order valence-electron chi connectivity index (χ3n) is 4.96. The predicted molar refractivity (Wildman–Crippen MR) is 127 cm³/mol. The van der Waals surface area contributed by atoms with E-state index in [4.69, 9.17) is 27.9 Å². The van der Waals surface area contributed by atoms with Crippen LogP contribution in [0.5, 0.6) is 5.75 Å². The molecule has 0 saturated heterocycles. The Morgan fingerprint density at radius 3 is 2.28 bits per heavy atom. The van der Waals surface area contributed by atoms with E-state index in [9.17, 15) is 13.2 Å². The summed E-state index contributed by atoms with van der Waals surface area (Å²) in [6, 6.07) is 17.8. The van der Waals surface area contributed by atoms with Crippen LogP contribution in [0.25, 0.3) is 0 Å². The fourth-order valence-corrected chi connectivity index (χ4v) is 4.72. The number of methoxy groups -OCH3 is 1. The average molecular weight is 493 g/mol. The van der Waals surface area contributed by atoms with Crippen molar-refractivity contribution in [3.63, 3.8) is 0 Å². The van der Waals surface area contributed by atoms with Crippen LogP contribution in [0.2, 0.25) is 10.0 Å². The van der Waals surface area contributed by atoms with E-state index >= 15 is 0 Å². The molecule has 168 valence electrons. The quantitative estimate of drug-likeness (QED) is 0.460. The molecule has 0 aliphatic heterocycles. The summed E-state index contributed by atoms with van der Waals surface area (Å²) in [6.45, 7) is 0.223. The van der Waals surface area contributed by atoms with E-state index in [-0.39, 0.29) is 22.9 Å². The van der Waals surface area contributed by atoms with Gasteiger partial charge in [-0.3, -0.25) is 9.10 Å². The summed E-state index contributed by atoms with van der Waals surface area (Å²) in [4.78, 5) is 14.4. The molecule has 3 rings (SSSR count). The van der Waals surface area contributed by atoms with Crippen LogP contribution in [0, 0.1) is 0 Å². The van der Waals surface area contributed by atoms with Gasteiger partial charge in [-0.1, -0.05) is 41.4 Å². The van der Waals surface area contributed by atoms with Crippen LogP contribution in [0.1, 0.15) is 15.9 Å². The number of anilines is 1. The highest BCUT2D eigenvalue weighted by atomic mass is 35.5. The number of sulfonamides is 1. The van der Waals surface area contributed by atoms with Crippen LogP contribution in [0.4, 0.5) is 5.69 Å². The zero-order valence-electron chi connectivity index (χ0n) is 17.7. The highest BCUT2D eigenvalue weighted by molar-refractivity contribution is 7.92. The Morgan fingerprint density at radius 1 is 0.969 bits per heavy atom. The van der Waals surface area contributed by atoms with Gasteiger partial charge in [0, 0.05) is 26.2 Å². The van der Waals surface area contributed by atoms with Crippen molar-refractivity contribution in [2.24, 2.45) is 0 Å². The largest absolute Gasteiger partial charge is 0.497 e. The third kappa shape index (κ3) is 5.01. The lowest BCUT2D eigenvalue weighted by molar-refractivity contribution is 0.0785. The molecule has 0 spiro atoms. The van der Waals surface area contributed by atoms with Gasteiger partial charge >= 0.3 is 0 Å². The van der Waals surface area contributed by atoms with Crippen molar-refractivity contribution in [1.82, 2.24) is 4.90 Å². The van der Waals surface area contributed by atoms with Crippen molar-refractivity contribution in [1.29, 1.82) is 0 Å². The number of hydrogen-bond acceptors (Lipinski definition) is 4. The molecule has 0 aromatic heterocycles. The van der Waals surface area contributed by atoms with Gasteiger partial charge in [0.1, 0.15) is 5.75 Å². The molecule has 0 aliphatic carbocycles. The van der Waals surface area contributed by atoms with Crippen LogP contribution >= 0.6 is 23.2 Å². The van der Waals surface area contributed by atoms with Crippen molar-refractivity contribution < 1.29 is 17.9 Å². The van der Waals surface area contributed by atoms with E-state index in [0.717, 1.165) is 4.31 Å². The molecule has 3 aromatic rings. The molecule has 0 unspecified atom stereocenters. The first-order valence-electron chi connectivity index (χ1n) is 9.56. The summed E-state index contributed by atoms with van der Waals surface area (Å²) in [5.74, 6) is 0.278. The molecule has 0 fully saturated rings. The maximum Gasteiger partial charge on any atom is 0.264 e. The van der Waals surface area contributed by atoms with Crippen LogP contribution in [-0.4, -0.2) is 40.4 Å². The van der Waals surface area contributed by atoms with Crippen LogP contribution in [-0.2, 0) is 16.6 Å². The fraction of sp³-hybridized carbons (Fsp3) is 0.174.